The number of aryl methyl sites for hydroxylation is 2. The normalized spacial score (nSPS) is 10.9. The van der Waals surface area contributed by atoms with E-state index in [1.54, 1.807) is 12.1 Å². The molecule has 0 aliphatic heterocycles. The predicted molar refractivity (Wildman–Crippen MR) is 111 cm³/mol. The zero-order valence-electron chi connectivity index (χ0n) is 16.8. The molecule has 2 aromatic rings. The van der Waals surface area contributed by atoms with Gasteiger partial charge in [0.05, 0.1) is 0 Å². The molecule has 0 unspecified atom stereocenters. The Bertz CT molecular complexity index is 795. The number of hydrogen-bond donors (Lipinski definition) is 1. The van der Waals surface area contributed by atoms with Crippen LogP contribution in [0.5, 0.6) is 11.5 Å². The lowest BCUT2D eigenvalue weighted by Crippen LogP contribution is -2.11. The molecule has 0 aliphatic rings. The highest BCUT2D eigenvalue weighted by molar-refractivity contribution is 5.80. The maximum atomic E-state index is 11.8. The smallest absolute Gasteiger partial charge is 0.170 e. The Balaban J connectivity index is 2.14. The van der Waals surface area contributed by atoms with E-state index >= 15 is 0 Å². The fraction of sp³-hybridized carbons (Fsp3) is 0.375. The largest absolute Gasteiger partial charge is 0.508 e. The van der Waals surface area contributed by atoms with Crippen molar-refractivity contribution in [3.05, 3.63) is 70.8 Å². The van der Waals surface area contributed by atoms with E-state index < -0.39 is 0 Å². The van der Waals surface area contributed by atoms with Crippen molar-refractivity contribution in [3.63, 3.8) is 0 Å². The Kier molecular flexibility index (Phi) is 7.23. The second-order valence-corrected chi connectivity index (χ2v) is 7.41. The number of allylic oxidation sites excluding steroid dienone is 1. The van der Waals surface area contributed by atoms with Gasteiger partial charge in [-0.15, -0.1) is 6.58 Å². The van der Waals surface area contributed by atoms with Gasteiger partial charge in [-0.2, -0.15) is 0 Å². The van der Waals surface area contributed by atoms with Crippen LogP contribution in [0, 0.1) is 13.8 Å². The first-order chi connectivity index (χ1) is 12.8. The second kappa shape index (κ2) is 9.40. The molecule has 0 radical (unpaired) electrons. The van der Waals surface area contributed by atoms with Crippen LogP contribution in [0.1, 0.15) is 60.4 Å². The van der Waals surface area contributed by atoms with Gasteiger partial charge in [-0.05, 0) is 78.6 Å². The summed E-state index contributed by atoms with van der Waals surface area (Å²) in [7, 11) is 0. The molecule has 2 aromatic carbocycles. The Morgan fingerprint density at radius 2 is 1.85 bits per heavy atom. The lowest BCUT2D eigenvalue weighted by molar-refractivity contribution is -0.120. The Morgan fingerprint density at radius 1 is 1.19 bits per heavy atom. The van der Waals surface area contributed by atoms with Crippen LogP contribution in [0.2, 0.25) is 0 Å². The molecule has 0 aliphatic carbocycles. The van der Waals surface area contributed by atoms with Crippen LogP contribution in [0.3, 0.4) is 0 Å². The van der Waals surface area contributed by atoms with Gasteiger partial charge in [-0.1, -0.05) is 32.1 Å². The topological polar surface area (TPSA) is 46.5 Å². The summed E-state index contributed by atoms with van der Waals surface area (Å²) in [6, 6.07) is 9.83. The fourth-order valence-corrected chi connectivity index (χ4v) is 3.20. The first-order valence-electron chi connectivity index (χ1n) is 9.49. The van der Waals surface area contributed by atoms with Gasteiger partial charge in [0.1, 0.15) is 18.1 Å². The molecule has 0 saturated heterocycles. The molecule has 1 N–H and O–H groups in total. The molecular weight excluding hydrogens is 336 g/mol. The maximum Gasteiger partial charge on any atom is 0.170 e. The van der Waals surface area contributed by atoms with E-state index in [0.29, 0.717) is 18.6 Å². The van der Waals surface area contributed by atoms with Crippen molar-refractivity contribution < 1.29 is 14.6 Å². The molecule has 27 heavy (non-hydrogen) atoms. The Labute approximate surface area is 162 Å². The number of hydrogen-bond acceptors (Lipinski definition) is 3. The number of rotatable bonds is 9. The molecule has 0 heterocycles. The standard InChI is InChI=1S/C24H30O3/c1-6-7-8-20(25)15-27-21-11-17(4)23(18(5)12-21)14-19-9-10-24(26)22(13-19)16(2)3/h6,9-13,16,26H,1,7-8,14-15H2,2-5H3. The van der Waals surface area contributed by atoms with Crippen LogP contribution in [0.15, 0.2) is 43.0 Å². The summed E-state index contributed by atoms with van der Waals surface area (Å²) < 4.78 is 5.68. The van der Waals surface area contributed by atoms with Crippen LogP contribution >= 0.6 is 0 Å². The fourth-order valence-electron chi connectivity index (χ4n) is 3.20. The minimum atomic E-state index is 0.0830. The number of carbonyl (C=O) groups excluding carboxylic acids is 1. The van der Waals surface area contributed by atoms with Crippen LogP contribution < -0.4 is 4.74 Å². The zero-order valence-corrected chi connectivity index (χ0v) is 16.8. The van der Waals surface area contributed by atoms with E-state index in [2.05, 4.69) is 40.3 Å². The summed E-state index contributed by atoms with van der Waals surface area (Å²) in [6.07, 6.45) is 3.70. The third-order valence-corrected chi connectivity index (χ3v) is 4.79. The third-order valence-electron chi connectivity index (χ3n) is 4.79. The predicted octanol–water partition coefficient (Wildman–Crippen LogP) is 5.64. The van der Waals surface area contributed by atoms with Gasteiger partial charge in [0.25, 0.3) is 0 Å². The summed E-state index contributed by atoms with van der Waals surface area (Å²) in [6.45, 7) is 12.0. The van der Waals surface area contributed by atoms with E-state index in [-0.39, 0.29) is 18.3 Å². The quantitative estimate of drug-likeness (QED) is 0.584. The third kappa shape index (κ3) is 5.72. The van der Waals surface area contributed by atoms with Crippen molar-refractivity contribution in [2.45, 2.75) is 52.9 Å². The number of ketones is 1. The van der Waals surface area contributed by atoms with Gasteiger partial charge in [0.2, 0.25) is 0 Å². The molecule has 0 bridgehead atoms. The first kappa shape index (κ1) is 20.8. The van der Waals surface area contributed by atoms with E-state index in [0.717, 1.165) is 28.9 Å². The molecule has 0 spiro atoms. The zero-order chi connectivity index (χ0) is 20.0. The molecule has 0 atom stereocenters. The molecule has 2 rings (SSSR count). The molecule has 0 amide bonds. The van der Waals surface area contributed by atoms with Gasteiger partial charge in [0, 0.05) is 6.42 Å². The van der Waals surface area contributed by atoms with E-state index in [1.807, 2.05) is 18.2 Å². The number of ether oxygens (including phenoxy) is 1. The number of carbonyl (C=O) groups is 1. The number of Topliss-reactive ketones (excluding diaryl/α,β-unsaturated/α-hetero) is 1. The lowest BCUT2D eigenvalue weighted by Gasteiger charge is -2.15. The summed E-state index contributed by atoms with van der Waals surface area (Å²) >= 11 is 0. The molecule has 144 valence electrons. The second-order valence-electron chi connectivity index (χ2n) is 7.41. The minimum Gasteiger partial charge on any atom is -0.508 e. The van der Waals surface area contributed by atoms with Gasteiger partial charge in [-0.25, -0.2) is 0 Å². The highest BCUT2D eigenvalue weighted by Crippen LogP contribution is 2.29. The van der Waals surface area contributed by atoms with Gasteiger partial charge in [0.15, 0.2) is 5.78 Å². The molecule has 3 nitrogen and oxygen atoms in total. The SMILES string of the molecule is C=CCCC(=O)COc1cc(C)c(Cc2ccc(O)c(C(C)C)c2)c(C)c1. The highest BCUT2D eigenvalue weighted by atomic mass is 16.5. The number of phenols is 1. The van der Waals surface area contributed by atoms with Gasteiger partial charge < -0.3 is 9.84 Å². The average molecular weight is 367 g/mol. The van der Waals surface area contributed by atoms with Crippen molar-refractivity contribution in [1.82, 2.24) is 0 Å². The molecule has 3 heteroatoms. The van der Waals surface area contributed by atoms with Crippen LogP contribution in [-0.2, 0) is 11.2 Å². The Hall–Kier alpha value is -2.55. The number of aromatic hydroxyl groups is 1. The van der Waals surface area contributed by atoms with Crippen LogP contribution in [0.25, 0.3) is 0 Å². The Morgan fingerprint density at radius 3 is 2.44 bits per heavy atom. The first-order valence-corrected chi connectivity index (χ1v) is 9.49. The van der Waals surface area contributed by atoms with Gasteiger partial charge >= 0.3 is 0 Å². The molecular formula is C24H30O3. The number of benzene rings is 2. The lowest BCUT2D eigenvalue weighted by atomic mass is 9.93. The summed E-state index contributed by atoms with van der Waals surface area (Å²) in [4.78, 5) is 11.8. The van der Waals surface area contributed by atoms with Crippen molar-refractivity contribution in [2.75, 3.05) is 6.61 Å². The number of phenolic OH excluding ortho intramolecular Hbond substituents is 1. The monoisotopic (exact) mass is 366 g/mol. The van der Waals surface area contributed by atoms with Crippen LogP contribution in [-0.4, -0.2) is 17.5 Å². The maximum absolute atomic E-state index is 11.8. The molecule has 0 fully saturated rings. The van der Waals surface area contributed by atoms with Crippen LogP contribution in [0.4, 0.5) is 0 Å². The van der Waals surface area contributed by atoms with Crippen molar-refractivity contribution in [3.8, 4) is 11.5 Å². The van der Waals surface area contributed by atoms with Crippen molar-refractivity contribution in [1.29, 1.82) is 0 Å². The summed E-state index contributed by atoms with van der Waals surface area (Å²) in [5, 5.41) is 10.0. The summed E-state index contributed by atoms with van der Waals surface area (Å²) in [5.74, 6) is 1.45. The van der Waals surface area contributed by atoms with Crippen molar-refractivity contribution >= 4 is 5.78 Å². The van der Waals surface area contributed by atoms with Gasteiger partial charge in [-0.3, -0.25) is 4.79 Å². The van der Waals surface area contributed by atoms with E-state index in [4.69, 9.17) is 4.74 Å². The van der Waals surface area contributed by atoms with E-state index in [1.165, 1.54) is 11.1 Å². The average Bonchev–Trinajstić information content (AvgIpc) is 2.62. The van der Waals surface area contributed by atoms with Crippen molar-refractivity contribution in [2.24, 2.45) is 0 Å². The molecule has 0 aromatic heterocycles. The highest BCUT2D eigenvalue weighted by Gasteiger charge is 2.11. The van der Waals surface area contributed by atoms with E-state index in [9.17, 15) is 9.90 Å². The summed E-state index contributed by atoms with van der Waals surface area (Å²) in [5.41, 5.74) is 5.68. The molecule has 0 saturated carbocycles. The minimum absolute atomic E-state index is 0.0830.